The van der Waals surface area contributed by atoms with Crippen LogP contribution in [0, 0.1) is 0 Å². The Balaban J connectivity index is 3.01. The van der Waals surface area contributed by atoms with E-state index in [1.807, 2.05) is 13.8 Å². The third kappa shape index (κ3) is 1.76. The zero-order valence-corrected chi connectivity index (χ0v) is 7.44. The summed E-state index contributed by atoms with van der Waals surface area (Å²) in [5.74, 6) is 0.0976. The van der Waals surface area contributed by atoms with Gasteiger partial charge in [-0.2, -0.15) is 0 Å². The van der Waals surface area contributed by atoms with Crippen LogP contribution in [0.15, 0.2) is 22.4 Å². The lowest BCUT2D eigenvalue weighted by molar-refractivity contribution is 0.404. The Labute approximate surface area is 71.3 Å². The molecular weight excluding hydrogens is 162 g/mol. The molecular formula is C8H12ClNO. The number of halogens is 1. The lowest BCUT2D eigenvalue weighted by atomic mass is 9.89. The average molecular weight is 174 g/mol. The summed E-state index contributed by atoms with van der Waals surface area (Å²) in [5.41, 5.74) is 6.28. The van der Waals surface area contributed by atoms with Crippen molar-refractivity contribution in [3.8, 4) is 0 Å². The third-order valence-electron chi connectivity index (χ3n) is 1.71. The van der Waals surface area contributed by atoms with Crippen molar-refractivity contribution in [3.05, 3.63) is 22.4 Å². The van der Waals surface area contributed by atoms with E-state index >= 15 is 0 Å². The third-order valence-corrected chi connectivity index (χ3v) is 2.23. The molecule has 0 fully saturated rings. The van der Waals surface area contributed by atoms with Crippen LogP contribution in [0.2, 0.25) is 0 Å². The maximum Gasteiger partial charge on any atom is 0.131 e. The van der Waals surface area contributed by atoms with Crippen molar-refractivity contribution in [2.75, 3.05) is 0 Å². The number of hydrogen-bond acceptors (Lipinski definition) is 2. The van der Waals surface area contributed by atoms with Gasteiger partial charge in [0.25, 0.3) is 0 Å². The van der Waals surface area contributed by atoms with E-state index in [2.05, 4.69) is 0 Å². The molecule has 1 atom stereocenters. The number of nitrogens with two attached hydrogens (primary N) is 1. The smallest absolute Gasteiger partial charge is 0.131 e. The Hall–Kier alpha value is -0.470. The molecule has 1 aliphatic carbocycles. The van der Waals surface area contributed by atoms with Gasteiger partial charge in [-0.3, -0.25) is 0 Å². The Morgan fingerprint density at radius 3 is 2.73 bits per heavy atom. The van der Waals surface area contributed by atoms with Crippen LogP contribution in [0.5, 0.6) is 0 Å². The molecule has 0 aromatic heterocycles. The molecule has 3 heteroatoms. The minimum atomic E-state index is -0.452. The summed E-state index contributed by atoms with van der Waals surface area (Å²) in [6.45, 7) is 3.73. The summed E-state index contributed by atoms with van der Waals surface area (Å²) >= 11 is 5.75. The van der Waals surface area contributed by atoms with Crippen molar-refractivity contribution in [3.63, 3.8) is 0 Å². The highest BCUT2D eigenvalue weighted by molar-refractivity contribution is 6.32. The second-order valence-corrected chi connectivity index (χ2v) is 3.68. The van der Waals surface area contributed by atoms with Crippen LogP contribution in [-0.2, 0) is 0 Å². The molecule has 0 radical (unpaired) electrons. The van der Waals surface area contributed by atoms with Crippen molar-refractivity contribution >= 4 is 11.6 Å². The zero-order valence-electron chi connectivity index (χ0n) is 6.69. The largest absolute Gasteiger partial charge is 0.507 e. The molecule has 0 spiro atoms. The Morgan fingerprint density at radius 2 is 2.27 bits per heavy atom. The van der Waals surface area contributed by atoms with E-state index in [1.165, 1.54) is 0 Å². The monoisotopic (exact) mass is 173 g/mol. The van der Waals surface area contributed by atoms with Crippen molar-refractivity contribution in [1.82, 2.24) is 0 Å². The fourth-order valence-electron chi connectivity index (χ4n) is 1.29. The average Bonchev–Trinajstić information content (AvgIpc) is 1.81. The summed E-state index contributed by atoms with van der Waals surface area (Å²) < 4.78 is 0. The van der Waals surface area contributed by atoms with Gasteiger partial charge in [-0.1, -0.05) is 11.6 Å². The molecule has 0 saturated heterocycles. The first-order valence-electron chi connectivity index (χ1n) is 3.49. The first-order valence-corrected chi connectivity index (χ1v) is 3.86. The van der Waals surface area contributed by atoms with E-state index in [4.69, 9.17) is 17.3 Å². The number of allylic oxidation sites excluding steroid dienone is 1. The van der Waals surface area contributed by atoms with Crippen molar-refractivity contribution in [2.24, 2.45) is 5.73 Å². The summed E-state index contributed by atoms with van der Waals surface area (Å²) in [6.07, 6.45) is 2.29. The van der Waals surface area contributed by atoms with Crippen molar-refractivity contribution in [1.29, 1.82) is 0 Å². The van der Waals surface area contributed by atoms with Crippen LogP contribution < -0.4 is 5.73 Å². The van der Waals surface area contributed by atoms with Crippen LogP contribution in [0.4, 0.5) is 0 Å². The molecule has 0 aliphatic heterocycles. The van der Waals surface area contributed by atoms with Crippen LogP contribution in [0.25, 0.3) is 0 Å². The van der Waals surface area contributed by atoms with Gasteiger partial charge in [0.15, 0.2) is 0 Å². The van der Waals surface area contributed by atoms with Crippen LogP contribution in [-0.4, -0.2) is 10.6 Å². The molecule has 0 heterocycles. The SMILES string of the molecule is CC1=C(Cl)C(O)=CC(C)(N)C1. The van der Waals surface area contributed by atoms with E-state index in [9.17, 15) is 5.11 Å². The van der Waals surface area contributed by atoms with Gasteiger partial charge < -0.3 is 10.8 Å². The quantitative estimate of drug-likeness (QED) is 0.589. The number of aliphatic hydroxyl groups excluding tert-OH is 1. The summed E-state index contributed by atoms with van der Waals surface area (Å²) in [5, 5.41) is 9.71. The summed E-state index contributed by atoms with van der Waals surface area (Å²) in [4.78, 5) is 0. The Bertz CT molecular complexity index is 240. The lowest BCUT2D eigenvalue weighted by Crippen LogP contribution is -2.36. The maximum absolute atomic E-state index is 9.28. The first-order chi connectivity index (χ1) is 4.92. The Morgan fingerprint density at radius 1 is 1.73 bits per heavy atom. The maximum atomic E-state index is 9.28. The molecule has 3 N–H and O–H groups in total. The molecule has 11 heavy (non-hydrogen) atoms. The Kier molecular flexibility index (Phi) is 1.99. The van der Waals surface area contributed by atoms with Gasteiger partial charge >= 0.3 is 0 Å². The summed E-state index contributed by atoms with van der Waals surface area (Å²) in [6, 6.07) is 0. The fraction of sp³-hybridized carbons (Fsp3) is 0.500. The molecule has 62 valence electrons. The van der Waals surface area contributed by atoms with Crippen LogP contribution in [0.3, 0.4) is 0 Å². The van der Waals surface area contributed by atoms with Gasteiger partial charge in [-0.25, -0.2) is 0 Å². The molecule has 2 nitrogen and oxygen atoms in total. The highest BCUT2D eigenvalue weighted by Gasteiger charge is 2.24. The predicted octanol–water partition coefficient (Wildman–Crippen LogP) is 2.06. The van der Waals surface area contributed by atoms with Crippen molar-refractivity contribution in [2.45, 2.75) is 25.8 Å². The van der Waals surface area contributed by atoms with E-state index in [1.54, 1.807) is 6.08 Å². The molecule has 0 aromatic carbocycles. The van der Waals surface area contributed by atoms with Crippen LogP contribution in [0.1, 0.15) is 20.3 Å². The first kappa shape index (κ1) is 8.62. The molecule has 0 amide bonds. The van der Waals surface area contributed by atoms with Crippen molar-refractivity contribution < 1.29 is 5.11 Å². The molecule has 1 aliphatic rings. The second-order valence-electron chi connectivity index (χ2n) is 3.31. The van der Waals surface area contributed by atoms with Gasteiger partial charge in [0.2, 0.25) is 0 Å². The standard InChI is InChI=1S/C8H12ClNO/c1-5-3-8(2,10)4-6(11)7(5)9/h4,11H,3,10H2,1-2H3. The fourth-order valence-corrected chi connectivity index (χ4v) is 1.42. The van der Waals surface area contributed by atoms with Gasteiger partial charge in [0, 0.05) is 5.54 Å². The minimum absolute atomic E-state index is 0.0976. The summed E-state index contributed by atoms with van der Waals surface area (Å²) in [7, 11) is 0. The van der Waals surface area contributed by atoms with Gasteiger partial charge in [0.05, 0.1) is 5.03 Å². The molecule has 1 unspecified atom stereocenters. The van der Waals surface area contributed by atoms with E-state index in [0.717, 1.165) is 5.57 Å². The van der Waals surface area contributed by atoms with Gasteiger partial charge in [0.1, 0.15) is 5.76 Å². The number of rotatable bonds is 0. The molecule has 1 rings (SSSR count). The normalized spacial score (nSPS) is 32.2. The second kappa shape index (κ2) is 2.54. The number of hydrogen-bond donors (Lipinski definition) is 2. The zero-order chi connectivity index (χ0) is 8.65. The molecule has 0 aromatic rings. The topological polar surface area (TPSA) is 46.2 Å². The minimum Gasteiger partial charge on any atom is -0.507 e. The van der Waals surface area contributed by atoms with Crippen LogP contribution >= 0.6 is 11.6 Å². The molecule has 0 bridgehead atoms. The van der Waals surface area contributed by atoms with E-state index < -0.39 is 5.54 Å². The van der Waals surface area contributed by atoms with Gasteiger partial charge in [-0.05, 0) is 31.9 Å². The highest BCUT2D eigenvalue weighted by atomic mass is 35.5. The van der Waals surface area contributed by atoms with E-state index in [0.29, 0.717) is 11.5 Å². The molecule has 0 saturated carbocycles. The number of aliphatic hydroxyl groups is 1. The highest BCUT2D eigenvalue weighted by Crippen LogP contribution is 2.30. The van der Waals surface area contributed by atoms with Gasteiger partial charge in [-0.15, -0.1) is 0 Å². The van der Waals surface area contributed by atoms with E-state index in [-0.39, 0.29) is 5.76 Å². The predicted molar refractivity (Wildman–Crippen MR) is 46.5 cm³/mol. The lowest BCUT2D eigenvalue weighted by Gasteiger charge is -2.26.